The lowest BCUT2D eigenvalue weighted by atomic mass is 10.3. The highest BCUT2D eigenvalue weighted by Gasteiger charge is 2.10. The fourth-order valence-corrected chi connectivity index (χ4v) is 2.45. The smallest absolute Gasteiger partial charge is 0.263 e. The monoisotopic (exact) mass is 349 g/mol. The second kappa shape index (κ2) is 5.26. The quantitative estimate of drug-likeness (QED) is 0.743. The molecular weight excluding hydrogens is 342 g/mol. The molecule has 0 amide bonds. The van der Waals surface area contributed by atoms with E-state index >= 15 is 0 Å². The number of nitrogens with zero attached hydrogens (tertiary/aromatic N) is 2. The van der Waals surface area contributed by atoms with Gasteiger partial charge in [-0.15, -0.1) is 0 Å². The molecule has 1 aromatic heterocycles. The van der Waals surface area contributed by atoms with E-state index in [0.29, 0.717) is 16.3 Å². The van der Waals surface area contributed by atoms with Crippen LogP contribution in [0.1, 0.15) is 0 Å². The summed E-state index contributed by atoms with van der Waals surface area (Å²) in [5, 5.41) is 0.466. The zero-order valence-corrected chi connectivity index (χ0v) is 12.5. The van der Waals surface area contributed by atoms with Crippen molar-refractivity contribution >= 4 is 44.4 Å². The van der Waals surface area contributed by atoms with E-state index in [0.717, 1.165) is 9.99 Å². The van der Waals surface area contributed by atoms with Gasteiger partial charge in [0, 0.05) is 4.47 Å². The molecule has 1 heterocycles. The summed E-state index contributed by atoms with van der Waals surface area (Å²) in [6, 6.07) is 12.7. The molecule has 0 aliphatic heterocycles. The lowest BCUT2D eigenvalue weighted by molar-refractivity contribution is 0.466. The Hall–Kier alpha value is -1.85. The number of nitrogens with two attached hydrogens (primary N) is 1. The highest BCUT2D eigenvalue weighted by molar-refractivity contribution is 9.10. The molecule has 2 N–H and O–H groups in total. The Labute approximate surface area is 128 Å². The number of hydrogen-bond acceptors (Lipinski definition) is 4. The first-order valence-corrected chi connectivity index (χ1v) is 6.96. The molecule has 0 aliphatic rings. The lowest BCUT2D eigenvalue weighted by Gasteiger charge is -2.09. The minimum absolute atomic E-state index is 0.225. The molecule has 0 unspecified atom stereocenters. The zero-order chi connectivity index (χ0) is 14.1. The van der Waals surface area contributed by atoms with Gasteiger partial charge in [0.1, 0.15) is 5.75 Å². The van der Waals surface area contributed by atoms with Crippen LogP contribution in [0.4, 0.5) is 5.82 Å². The van der Waals surface area contributed by atoms with Gasteiger partial charge in [-0.3, -0.25) is 0 Å². The number of anilines is 1. The third-order valence-electron chi connectivity index (χ3n) is 2.66. The van der Waals surface area contributed by atoms with E-state index in [1.165, 1.54) is 0 Å². The van der Waals surface area contributed by atoms with Crippen LogP contribution in [0.15, 0.2) is 46.9 Å². The molecule has 4 nitrogen and oxygen atoms in total. The number of hydrogen-bond donors (Lipinski definition) is 1. The van der Waals surface area contributed by atoms with Crippen LogP contribution in [0.25, 0.3) is 11.0 Å². The van der Waals surface area contributed by atoms with Crippen molar-refractivity contribution < 1.29 is 4.74 Å². The average Bonchev–Trinajstić information content (AvgIpc) is 2.42. The van der Waals surface area contributed by atoms with E-state index < -0.39 is 0 Å². The molecule has 0 saturated heterocycles. The predicted octanol–water partition coefficient (Wildman–Crippen LogP) is 4.42. The van der Waals surface area contributed by atoms with Crippen LogP contribution >= 0.6 is 27.5 Å². The number of nitrogen functional groups attached to an aromatic ring is 1. The summed E-state index contributed by atoms with van der Waals surface area (Å²) < 4.78 is 6.52. The highest BCUT2D eigenvalue weighted by Crippen LogP contribution is 2.33. The van der Waals surface area contributed by atoms with Gasteiger partial charge in [-0.05, 0) is 30.3 Å². The molecule has 100 valence electrons. The van der Waals surface area contributed by atoms with E-state index in [-0.39, 0.29) is 11.7 Å². The van der Waals surface area contributed by atoms with Crippen LogP contribution in [0.2, 0.25) is 5.02 Å². The van der Waals surface area contributed by atoms with Crippen molar-refractivity contribution in [2.75, 3.05) is 5.73 Å². The van der Waals surface area contributed by atoms with Crippen molar-refractivity contribution in [1.29, 1.82) is 0 Å². The van der Waals surface area contributed by atoms with Crippen LogP contribution in [-0.2, 0) is 0 Å². The molecule has 20 heavy (non-hydrogen) atoms. The minimum Gasteiger partial charge on any atom is -0.434 e. The van der Waals surface area contributed by atoms with Crippen molar-refractivity contribution in [3.8, 4) is 11.6 Å². The van der Waals surface area contributed by atoms with Gasteiger partial charge < -0.3 is 10.5 Å². The van der Waals surface area contributed by atoms with Gasteiger partial charge in [0.05, 0.1) is 16.1 Å². The van der Waals surface area contributed by atoms with E-state index in [1.54, 1.807) is 12.1 Å². The number of fused-ring (bicyclic) bond motifs is 1. The summed E-state index contributed by atoms with van der Waals surface area (Å²) >= 11 is 9.44. The normalized spacial score (nSPS) is 10.7. The topological polar surface area (TPSA) is 61.0 Å². The first kappa shape index (κ1) is 13.1. The van der Waals surface area contributed by atoms with Gasteiger partial charge in [-0.2, -0.15) is 0 Å². The molecular formula is C14H9BrClN3O. The molecule has 0 aliphatic carbocycles. The first-order chi connectivity index (χ1) is 9.63. The van der Waals surface area contributed by atoms with Crippen LogP contribution in [-0.4, -0.2) is 9.97 Å². The highest BCUT2D eigenvalue weighted by atomic mass is 79.9. The Kier molecular flexibility index (Phi) is 3.46. The average molecular weight is 351 g/mol. The van der Waals surface area contributed by atoms with Crippen molar-refractivity contribution in [3.05, 3.63) is 52.0 Å². The molecule has 0 fully saturated rings. The second-order valence-corrected chi connectivity index (χ2v) is 5.40. The maximum absolute atomic E-state index is 6.11. The van der Waals surface area contributed by atoms with Gasteiger partial charge >= 0.3 is 0 Å². The summed E-state index contributed by atoms with van der Waals surface area (Å²) in [7, 11) is 0. The van der Waals surface area contributed by atoms with Crippen molar-refractivity contribution in [3.63, 3.8) is 0 Å². The number of para-hydroxylation sites is 2. The summed E-state index contributed by atoms with van der Waals surface area (Å²) in [6.07, 6.45) is 0. The number of halogens is 2. The summed E-state index contributed by atoms with van der Waals surface area (Å²) in [6.45, 7) is 0. The molecule has 0 bridgehead atoms. The fraction of sp³-hybridized carbons (Fsp3) is 0. The largest absolute Gasteiger partial charge is 0.434 e. The Morgan fingerprint density at radius 2 is 1.75 bits per heavy atom. The number of benzene rings is 2. The Morgan fingerprint density at radius 1 is 1.05 bits per heavy atom. The van der Waals surface area contributed by atoms with Crippen molar-refractivity contribution in [2.24, 2.45) is 0 Å². The van der Waals surface area contributed by atoms with E-state index in [4.69, 9.17) is 22.1 Å². The number of ether oxygens (including phenoxy) is 1. The Bertz CT molecular complexity index is 794. The maximum Gasteiger partial charge on any atom is 0.263 e. The van der Waals surface area contributed by atoms with Crippen LogP contribution in [0, 0.1) is 0 Å². The van der Waals surface area contributed by atoms with Crippen LogP contribution in [0.5, 0.6) is 11.6 Å². The third kappa shape index (κ3) is 2.55. The molecule has 3 aromatic rings. The van der Waals surface area contributed by atoms with E-state index in [2.05, 4.69) is 25.9 Å². The van der Waals surface area contributed by atoms with E-state index in [1.807, 2.05) is 30.3 Å². The molecule has 0 spiro atoms. The molecule has 0 atom stereocenters. The minimum atomic E-state index is 0.225. The Morgan fingerprint density at radius 3 is 2.45 bits per heavy atom. The SMILES string of the molecule is Nc1nc2ccccc2nc1Oc1ccc(Br)cc1Cl. The summed E-state index contributed by atoms with van der Waals surface area (Å²) in [4.78, 5) is 8.61. The lowest BCUT2D eigenvalue weighted by Crippen LogP contribution is -1.99. The number of aromatic nitrogens is 2. The van der Waals surface area contributed by atoms with E-state index in [9.17, 15) is 0 Å². The fourth-order valence-electron chi connectivity index (χ4n) is 1.73. The third-order valence-corrected chi connectivity index (χ3v) is 3.45. The molecule has 3 rings (SSSR count). The Balaban J connectivity index is 2.03. The standard InChI is InChI=1S/C14H9BrClN3O/c15-8-5-6-12(9(16)7-8)20-14-13(17)18-10-3-1-2-4-11(10)19-14/h1-7H,(H2,17,18). The molecule has 2 aromatic carbocycles. The van der Waals surface area contributed by atoms with Gasteiger partial charge in [0.2, 0.25) is 0 Å². The van der Waals surface area contributed by atoms with Gasteiger partial charge in [-0.25, -0.2) is 9.97 Å². The molecule has 0 radical (unpaired) electrons. The van der Waals surface area contributed by atoms with Crippen LogP contribution in [0.3, 0.4) is 0 Å². The van der Waals surface area contributed by atoms with Crippen LogP contribution < -0.4 is 10.5 Å². The van der Waals surface area contributed by atoms with Gasteiger partial charge in [0.25, 0.3) is 5.88 Å². The van der Waals surface area contributed by atoms with Gasteiger partial charge in [-0.1, -0.05) is 39.7 Å². The zero-order valence-electron chi connectivity index (χ0n) is 10.2. The number of rotatable bonds is 2. The van der Waals surface area contributed by atoms with Gasteiger partial charge in [0.15, 0.2) is 5.82 Å². The molecule has 6 heteroatoms. The van der Waals surface area contributed by atoms with Crippen molar-refractivity contribution in [1.82, 2.24) is 9.97 Å². The second-order valence-electron chi connectivity index (χ2n) is 4.08. The summed E-state index contributed by atoms with van der Waals surface area (Å²) in [5.41, 5.74) is 7.30. The first-order valence-electron chi connectivity index (χ1n) is 5.78. The maximum atomic E-state index is 6.11. The molecule has 0 saturated carbocycles. The summed E-state index contributed by atoms with van der Waals surface area (Å²) in [5.74, 6) is 0.946. The van der Waals surface area contributed by atoms with Crippen molar-refractivity contribution in [2.45, 2.75) is 0 Å². The predicted molar refractivity (Wildman–Crippen MR) is 83.2 cm³/mol.